The molecule has 8 N–H and O–H groups in total. The molecule has 0 radical (unpaired) electrons. The number of likely N-dealkylation sites (N-methyl/N-ethyl adjacent to an activating group) is 1. The number of hydrogen-bond donors (Lipinski definition) is 5. The maximum absolute atomic E-state index is 13.1. The standard InChI is InChI=1S/C29H40F3N7O4/c1-38(28(43)21-8-10-22(11-9-21)29(30,31)32)18-15-36-27(42)24(12-7-20-5-3-2-4-6-20)37-26(41)23(35)19-25(40)39(16-13-33)17-14-34/h2-6,8-11,23-24H,7,12-19,33-35H2,1H3,(H,36,42)(H,37,41)/t23-,24-/m0/s1. The lowest BCUT2D eigenvalue weighted by Gasteiger charge is -2.24. The molecule has 2 aromatic rings. The summed E-state index contributed by atoms with van der Waals surface area (Å²) in [6.07, 6.45) is -4.12. The zero-order valence-electron chi connectivity index (χ0n) is 24.1. The highest BCUT2D eigenvalue weighted by molar-refractivity contribution is 5.94. The zero-order valence-corrected chi connectivity index (χ0v) is 24.1. The number of carbonyl (C=O) groups excluding carboxylic acids is 4. The highest BCUT2D eigenvalue weighted by Gasteiger charge is 2.30. The van der Waals surface area contributed by atoms with Gasteiger partial charge in [0.15, 0.2) is 0 Å². The maximum Gasteiger partial charge on any atom is 0.416 e. The predicted molar refractivity (Wildman–Crippen MR) is 155 cm³/mol. The van der Waals surface area contributed by atoms with E-state index >= 15 is 0 Å². The fraction of sp³-hybridized carbons (Fsp3) is 0.448. The SMILES string of the molecule is CN(CCNC(=O)[C@H](CCc1ccccc1)NC(=O)[C@@H](N)CC(=O)N(CCN)CCN)C(=O)c1ccc(C(F)(F)F)cc1. The number of nitrogens with one attached hydrogen (secondary N) is 2. The molecule has 14 heteroatoms. The molecule has 0 spiro atoms. The van der Waals surface area contributed by atoms with Crippen molar-refractivity contribution in [2.45, 2.75) is 37.5 Å². The van der Waals surface area contributed by atoms with Gasteiger partial charge in [-0.1, -0.05) is 30.3 Å². The second-order valence-corrected chi connectivity index (χ2v) is 9.95. The summed E-state index contributed by atoms with van der Waals surface area (Å²) in [5.74, 6) is -2.11. The van der Waals surface area contributed by atoms with Gasteiger partial charge in [-0.05, 0) is 42.7 Å². The minimum absolute atomic E-state index is 0.0110. The highest BCUT2D eigenvalue weighted by atomic mass is 19.4. The number of carbonyl (C=O) groups is 4. The summed E-state index contributed by atoms with van der Waals surface area (Å²) < 4.78 is 38.4. The van der Waals surface area contributed by atoms with Crippen LogP contribution in [0.4, 0.5) is 13.2 Å². The van der Waals surface area contributed by atoms with E-state index in [1.54, 1.807) is 0 Å². The third-order valence-corrected chi connectivity index (χ3v) is 6.63. The van der Waals surface area contributed by atoms with Crippen LogP contribution in [0.3, 0.4) is 0 Å². The number of hydrogen-bond acceptors (Lipinski definition) is 7. The number of nitrogens with two attached hydrogens (primary N) is 3. The molecule has 4 amide bonds. The summed E-state index contributed by atoms with van der Waals surface area (Å²) in [5.41, 5.74) is 17.2. The normalized spacial score (nSPS) is 12.6. The quantitative estimate of drug-likeness (QED) is 0.184. The van der Waals surface area contributed by atoms with Crippen LogP contribution in [0.1, 0.15) is 34.3 Å². The van der Waals surface area contributed by atoms with Crippen LogP contribution in [0.5, 0.6) is 0 Å². The monoisotopic (exact) mass is 607 g/mol. The fourth-order valence-corrected chi connectivity index (χ4v) is 4.18. The van der Waals surface area contributed by atoms with E-state index in [9.17, 15) is 32.3 Å². The molecule has 0 fully saturated rings. The summed E-state index contributed by atoms with van der Waals surface area (Å²) in [5, 5.41) is 5.31. The van der Waals surface area contributed by atoms with E-state index in [0.717, 1.165) is 29.8 Å². The van der Waals surface area contributed by atoms with Crippen LogP contribution in [0.2, 0.25) is 0 Å². The molecule has 0 bridgehead atoms. The van der Waals surface area contributed by atoms with Gasteiger partial charge in [0.1, 0.15) is 6.04 Å². The molecule has 236 valence electrons. The van der Waals surface area contributed by atoms with E-state index in [0.29, 0.717) is 6.42 Å². The largest absolute Gasteiger partial charge is 0.416 e. The topological polar surface area (TPSA) is 177 Å². The van der Waals surface area contributed by atoms with Crippen LogP contribution in [0.25, 0.3) is 0 Å². The average Bonchev–Trinajstić information content (AvgIpc) is 2.98. The number of alkyl halides is 3. The Hall–Kier alpha value is -4.01. The number of benzene rings is 2. The molecule has 11 nitrogen and oxygen atoms in total. The van der Waals surface area contributed by atoms with Gasteiger partial charge in [-0.25, -0.2) is 0 Å². The second-order valence-electron chi connectivity index (χ2n) is 9.95. The summed E-state index contributed by atoms with van der Waals surface area (Å²) >= 11 is 0. The van der Waals surface area contributed by atoms with E-state index in [-0.39, 0.29) is 63.6 Å². The van der Waals surface area contributed by atoms with Gasteiger partial charge in [-0.3, -0.25) is 19.2 Å². The molecule has 0 saturated carbocycles. The van der Waals surface area contributed by atoms with Crippen molar-refractivity contribution >= 4 is 23.6 Å². The van der Waals surface area contributed by atoms with Gasteiger partial charge in [0.25, 0.3) is 5.91 Å². The molecule has 2 aromatic carbocycles. The van der Waals surface area contributed by atoms with Crippen LogP contribution in [0.15, 0.2) is 54.6 Å². The van der Waals surface area contributed by atoms with Crippen LogP contribution in [-0.4, -0.2) is 91.8 Å². The van der Waals surface area contributed by atoms with E-state index in [1.807, 2.05) is 30.3 Å². The molecule has 0 aliphatic rings. The minimum Gasteiger partial charge on any atom is -0.353 e. The van der Waals surface area contributed by atoms with Gasteiger partial charge >= 0.3 is 6.18 Å². The molecule has 2 rings (SSSR count). The maximum atomic E-state index is 13.1. The van der Waals surface area contributed by atoms with Crippen molar-refractivity contribution in [2.24, 2.45) is 17.2 Å². The van der Waals surface area contributed by atoms with Crippen molar-refractivity contribution in [2.75, 3.05) is 46.3 Å². The van der Waals surface area contributed by atoms with Gasteiger partial charge in [-0.15, -0.1) is 0 Å². The van der Waals surface area contributed by atoms with E-state index in [2.05, 4.69) is 10.6 Å². The molecule has 0 heterocycles. The molecule has 0 aliphatic heterocycles. The van der Waals surface area contributed by atoms with Gasteiger partial charge in [0, 0.05) is 51.9 Å². The number of rotatable bonds is 16. The van der Waals surface area contributed by atoms with Crippen molar-refractivity contribution in [1.82, 2.24) is 20.4 Å². The molecule has 43 heavy (non-hydrogen) atoms. The Morgan fingerprint density at radius 3 is 2.05 bits per heavy atom. The lowest BCUT2D eigenvalue weighted by atomic mass is 10.0. The van der Waals surface area contributed by atoms with Gasteiger partial charge in [-0.2, -0.15) is 13.2 Å². The Morgan fingerprint density at radius 2 is 1.49 bits per heavy atom. The first-order valence-corrected chi connectivity index (χ1v) is 13.9. The molecule has 0 aromatic heterocycles. The minimum atomic E-state index is -4.51. The molecule has 0 saturated heterocycles. The number of nitrogens with zero attached hydrogens (tertiary/aromatic N) is 2. The van der Waals surface area contributed by atoms with Gasteiger partial charge in [0.2, 0.25) is 17.7 Å². The third kappa shape index (κ3) is 11.7. The second kappa shape index (κ2) is 17.2. The Morgan fingerprint density at radius 1 is 0.884 bits per heavy atom. The van der Waals surface area contributed by atoms with Gasteiger partial charge < -0.3 is 37.6 Å². The molecule has 2 atom stereocenters. The van der Waals surface area contributed by atoms with Crippen molar-refractivity contribution in [3.05, 3.63) is 71.3 Å². The Labute approximate surface area is 248 Å². The van der Waals surface area contributed by atoms with Crippen LogP contribution < -0.4 is 27.8 Å². The van der Waals surface area contributed by atoms with Crippen molar-refractivity contribution in [3.63, 3.8) is 0 Å². The highest BCUT2D eigenvalue weighted by Crippen LogP contribution is 2.29. The zero-order chi connectivity index (χ0) is 32.0. The first-order valence-electron chi connectivity index (χ1n) is 13.9. The summed E-state index contributed by atoms with van der Waals surface area (Å²) in [4.78, 5) is 53.9. The summed E-state index contributed by atoms with van der Waals surface area (Å²) in [6, 6.07) is 10.9. The Kier molecular flexibility index (Phi) is 14.1. The summed E-state index contributed by atoms with van der Waals surface area (Å²) in [7, 11) is 1.45. The van der Waals surface area contributed by atoms with Crippen molar-refractivity contribution in [1.29, 1.82) is 0 Å². The molecular weight excluding hydrogens is 567 g/mol. The molecule has 0 unspecified atom stereocenters. The first kappa shape index (κ1) is 35.2. The smallest absolute Gasteiger partial charge is 0.353 e. The lowest BCUT2D eigenvalue weighted by Crippen LogP contribution is -2.53. The first-order chi connectivity index (χ1) is 20.4. The van der Waals surface area contributed by atoms with E-state index in [4.69, 9.17) is 17.2 Å². The third-order valence-electron chi connectivity index (χ3n) is 6.63. The Balaban J connectivity index is 2.00. The van der Waals surface area contributed by atoms with Crippen molar-refractivity contribution in [3.8, 4) is 0 Å². The van der Waals surface area contributed by atoms with Crippen LogP contribution in [0, 0.1) is 0 Å². The molecule has 0 aliphatic carbocycles. The number of halogens is 3. The summed E-state index contributed by atoms with van der Waals surface area (Å²) in [6.45, 7) is 1.04. The number of aryl methyl sites for hydroxylation is 1. The van der Waals surface area contributed by atoms with Gasteiger partial charge in [0.05, 0.1) is 18.0 Å². The predicted octanol–water partition coefficient (Wildman–Crippen LogP) is 0.475. The van der Waals surface area contributed by atoms with Crippen LogP contribution >= 0.6 is 0 Å². The van der Waals surface area contributed by atoms with Crippen molar-refractivity contribution < 1.29 is 32.3 Å². The Bertz CT molecular complexity index is 1190. The van der Waals surface area contributed by atoms with E-state index < -0.39 is 41.5 Å². The lowest BCUT2D eigenvalue weighted by molar-refractivity contribution is -0.137. The fourth-order valence-electron chi connectivity index (χ4n) is 4.18. The average molecular weight is 608 g/mol. The van der Waals surface area contributed by atoms with Crippen LogP contribution in [-0.2, 0) is 27.0 Å². The molecular formula is C29H40F3N7O4. The van der Waals surface area contributed by atoms with E-state index in [1.165, 1.54) is 16.8 Å². The number of amides is 4.